The van der Waals surface area contributed by atoms with Gasteiger partial charge in [-0.2, -0.15) is 0 Å². The van der Waals surface area contributed by atoms with Crippen LogP contribution in [-0.2, 0) is 28.5 Å². The summed E-state index contributed by atoms with van der Waals surface area (Å²) in [6.45, 7) is 2.84. The normalized spacial score (nSPS) is 26.6. The van der Waals surface area contributed by atoms with Gasteiger partial charge in [0.25, 0.3) is 0 Å². The van der Waals surface area contributed by atoms with E-state index in [0.29, 0.717) is 19.6 Å². The third-order valence-corrected chi connectivity index (χ3v) is 4.37. The number of carbonyl (C=O) groups excluding carboxylic acids is 2. The van der Waals surface area contributed by atoms with E-state index in [9.17, 15) is 9.59 Å². The molecule has 0 radical (unpaired) electrons. The van der Waals surface area contributed by atoms with Crippen LogP contribution in [0.1, 0.15) is 32.6 Å². The lowest BCUT2D eigenvalue weighted by atomic mass is 9.87. The molecule has 0 aromatic carbocycles. The minimum absolute atomic E-state index is 0.114. The first-order valence-electron chi connectivity index (χ1n) is 7.70. The number of allylic oxidation sites excluding steroid dienone is 1. The van der Waals surface area contributed by atoms with Crippen molar-refractivity contribution < 1.29 is 28.5 Å². The summed E-state index contributed by atoms with van der Waals surface area (Å²) in [5, 5.41) is 0. The molecule has 124 valence electrons. The van der Waals surface area contributed by atoms with Crippen molar-refractivity contribution in [1.82, 2.24) is 0 Å². The second kappa shape index (κ2) is 7.74. The van der Waals surface area contributed by atoms with Gasteiger partial charge >= 0.3 is 11.9 Å². The lowest BCUT2D eigenvalue weighted by molar-refractivity contribution is -0.186. The zero-order chi connectivity index (χ0) is 16.0. The van der Waals surface area contributed by atoms with Crippen LogP contribution in [0.3, 0.4) is 0 Å². The second-order valence-corrected chi connectivity index (χ2v) is 5.70. The van der Waals surface area contributed by atoms with Crippen molar-refractivity contribution in [3.8, 4) is 0 Å². The predicted octanol–water partition coefficient (Wildman–Crippen LogP) is 1.83. The van der Waals surface area contributed by atoms with Gasteiger partial charge in [0.1, 0.15) is 6.61 Å². The van der Waals surface area contributed by atoms with E-state index >= 15 is 0 Å². The molecule has 2 fully saturated rings. The van der Waals surface area contributed by atoms with Crippen LogP contribution in [0.4, 0.5) is 0 Å². The first kappa shape index (κ1) is 17.0. The smallest absolute Gasteiger partial charge is 0.305 e. The maximum Gasteiger partial charge on any atom is 0.305 e. The van der Waals surface area contributed by atoms with E-state index < -0.39 is 5.79 Å². The minimum atomic E-state index is -0.565. The molecule has 1 spiro atoms. The third kappa shape index (κ3) is 4.08. The first-order chi connectivity index (χ1) is 10.6. The van der Waals surface area contributed by atoms with Crippen molar-refractivity contribution in [1.29, 1.82) is 0 Å². The average Bonchev–Trinajstić information content (AvgIpc) is 3.08. The number of methoxy groups -OCH3 is 1. The first-order valence-corrected chi connectivity index (χ1v) is 7.70. The average molecular weight is 312 g/mol. The van der Waals surface area contributed by atoms with E-state index in [-0.39, 0.29) is 30.4 Å². The van der Waals surface area contributed by atoms with Crippen molar-refractivity contribution in [2.75, 3.05) is 26.9 Å². The van der Waals surface area contributed by atoms with Gasteiger partial charge in [0.05, 0.1) is 20.3 Å². The molecule has 0 aromatic heterocycles. The number of esters is 2. The molecule has 1 heterocycles. The summed E-state index contributed by atoms with van der Waals surface area (Å²) in [5.41, 5.74) is 0. The molecule has 1 saturated heterocycles. The van der Waals surface area contributed by atoms with E-state index in [0.717, 1.165) is 19.3 Å². The zero-order valence-corrected chi connectivity index (χ0v) is 13.2. The van der Waals surface area contributed by atoms with Gasteiger partial charge in [-0.1, -0.05) is 12.2 Å². The summed E-state index contributed by atoms with van der Waals surface area (Å²) < 4.78 is 21.4. The van der Waals surface area contributed by atoms with E-state index in [1.54, 1.807) is 0 Å². The monoisotopic (exact) mass is 312 g/mol. The molecule has 0 aromatic rings. The number of carbonyl (C=O) groups is 2. The summed E-state index contributed by atoms with van der Waals surface area (Å²) >= 11 is 0. The molecule has 0 amide bonds. The Morgan fingerprint density at radius 3 is 2.64 bits per heavy atom. The van der Waals surface area contributed by atoms with Crippen molar-refractivity contribution in [2.45, 2.75) is 38.4 Å². The summed E-state index contributed by atoms with van der Waals surface area (Å²) in [7, 11) is 1.41. The van der Waals surface area contributed by atoms with Crippen molar-refractivity contribution in [3.63, 3.8) is 0 Å². The highest BCUT2D eigenvalue weighted by atomic mass is 16.7. The lowest BCUT2D eigenvalue weighted by Gasteiger charge is -2.31. The summed E-state index contributed by atoms with van der Waals surface area (Å²) in [6, 6.07) is 0. The Labute approximate surface area is 130 Å². The van der Waals surface area contributed by atoms with Crippen LogP contribution < -0.4 is 0 Å². The zero-order valence-electron chi connectivity index (χ0n) is 13.2. The molecule has 0 unspecified atom stereocenters. The van der Waals surface area contributed by atoms with E-state index in [2.05, 4.69) is 0 Å². The molecule has 2 aliphatic rings. The Kier molecular flexibility index (Phi) is 5.97. The van der Waals surface area contributed by atoms with Crippen LogP contribution in [0.2, 0.25) is 0 Å². The van der Waals surface area contributed by atoms with Crippen LogP contribution >= 0.6 is 0 Å². The fourth-order valence-corrected chi connectivity index (χ4v) is 3.35. The van der Waals surface area contributed by atoms with Gasteiger partial charge in [0, 0.05) is 25.7 Å². The van der Waals surface area contributed by atoms with E-state index in [1.165, 1.54) is 14.0 Å². The molecule has 2 atom stereocenters. The molecule has 1 aliphatic carbocycles. The highest BCUT2D eigenvalue weighted by molar-refractivity contribution is 5.69. The Morgan fingerprint density at radius 2 is 2.00 bits per heavy atom. The van der Waals surface area contributed by atoms with Gasteiger partial charge in [0.15, 0.2) is 5.79 Å². The summed E-state index contributed by atoms with van der Waals surface area (Å²) in [5.74, 6) is -0.765. The van der Waals surface area contributed by atoms with Gasteiger partial charge in [-0.15, -0.1) is 0 Å². The quantitative estimate of drug-likeness (QED) is 0.550. The highest BCUT2D eigenvalue weighted by Gasteiger charge is 2.52. The summed E-state index contributed by atoms with van der Waals surface area (Å²) in [6.07, 6.45) is 6.58. The minimum Gasteiger partial charge on any atom is -0.469 e. The van der Waals surface area contributed by atoms with E-state index in [4.69, 9.17) is 18.9 Å². The molecule has 6 nitrogen and oxygen atoms in total. The van der Waals surface area contributed by atoms with Crippen molar-refractivity contribution >= 4 is 11.9 Å². The van der Waals surface area contributed by atoms with Gasteiger partial charge in [-0.25, -0.2) is 0 Å². The Morgan fingerprint density at radius 1 is 1.27 bits per heavy atom. The number of hydrogen-bond donors (Lipinski definition) is 0. The standard InChI is InChI=1S/C16H24O6/c1-12(17)20-8-4-3-5-14-13(11-15(18)19-2)6-7-16(14)21-9-10-22-16/h3-4,13-14H,5-11H2,1-2H3/b4-3+/t13-,14-/m1/s1. The van der Waals surface area contributed by atoms with Crippen molar-refractivity contribution in [3.05, 3.63) is 12.2 Å². The van der Waals surface area contributed by atoms with Gasteiger partial charge in [-0.3, -0.25) is 9.59 Å². The molecular weight excluding hydrogens is 288 g/mol. The molecule has 1 saturated carbocycles. The molecule has 1 aliphatic heterocycles. The van der Waals surface area contributed by atoms with Crippen LogP contribution in [0.15, 0.2) is 12.2 Å². The second-order valence-electron chi connectivity index (χ2n) is 5.70. The lowest BCUT2D eigenvalue weighted by Crippen LogP contribution is -2.37. The fraction of sp³-hybridized carbons (Fsp3) is 0.750. The topological polar surface area (TPSA) is 71.1 Å². The Balaban J connectivity index is 1.96. The number of hydrogen-bond acceptors (Lipinski definition) is 6. The van der Waals surface area contributed by atoms with Gasteiger partial charge in [-0.05, 0) is 18.8 Å². The Bertz CT molecular complexity index is 424. The maximum atomic E-state index is 11.6. The largest absolute Gasteiger partial charge is 0.469 e. The summed E-state index contributed by atoms with van der Waals surface area (Å²) in [4.78, 5) is 22.3. The molecular formula is C16H24O6. The number of ether oxygens (including phenoxy) is 4. The fourth-order valence-electron chi connectivity index (χ4n) is 3.35. The Hall–Kier alpha value is -1.40. The third-order valence-electron chi connectivity index (χ3n) is 4.37. The van der Waals surface area contributed by atoms with Crippen LogP contribution in [-0.4, -0.2) is 44.7 Å². The SMILES string of the molecule is COC(=O)C[C@H]1CCC2(OCCO2)[C@@H]1C/C=C/COC(C)=O. The molecule has 0 bridgehead atoms. The van der Waals surface area contributed by atoms with Crippen LogP contribution in [0.25, 0.3) is 0 Å². The molecule has 22 heavy (non-hydrogen) atoms. The number of rotatable bonds is 6. The van der Waals surface area contributed by atoms with Crippen LogP contribution in [0.5, 0.6) is 0 Å². The molecule has 0 N–H and O–H groups in total. The molecule has 2 rings (SSSR count). The predicted molar refractivity (Wildman–Crippen MR) is 77.9 cm³/mol. The van der Waals surface area contributed by atoms with Crippen LogP contribution in [0, 0.1) is 11.8 Å². The highest BCUT2D eigenvalue weighted by Crippen LogP contribution is 2.49. The van der Waals surface area contributed by atoms with E-state index in [1.807, 2.05) is 12.2 Å². The van der Waals surface area contributed by atoms with Gasteiger partial charge < -0.3 is 18.9 Å². The van der Waals surface area contributed by atoms with Crippen molar-refractivity contribution in [2.24, 2.45) is 11.8 Å². The maximum absolute atomic E-state index is 11.6. The van der Waals surface area contributed by atoms with Gasteiger partial charge in [0.2, 0.25) is 0 Å². The molecule has 6 heteroatoms.